The van der Waals surface area contributed by atoms with E-state index in [1.54, 1.807) is 0 Å². The maximum absolute atomic E-state index is 11.0. The van der Waals surface area contributed by atoms with Crippen LogP contribution in [0.15, 0.2) is 0 Å². The van der Waals surface area contributed by atoms with Crippen molar-refractivity contribution in [2.45, 2.75) is 32.7 Å². The summed E-state index contributed by atoms with van der Waals surface area (Å²) in [7, 11) is -3.47. The Hall–Kier alpha value is -0.130. The molecule has 72 valence electrons. The number of hydrogen-bond acceptors (Lipinski definition) is 2. The van der Waals surface area contributed by atoms with Crippen molar-refractivity contribution in [1.29, 1.82) is 0 Å². The summed E-state index contributed by atoms with van der Waals surface area (Å²) in [5, 5.41) is 5.06. The Labute approximate surface area is 73.9 Å². The van der Waals surface area contributed by atoms with E-state index in [4.69, 9.17) is 5.14 Å². The fourth-order valence-corrected chi connectivity index (χ4v) is 2.67. The molecule has 1 fully saturated rings. The normalized spacial score (nSPS) is 33.6. The largest absolute Gasteiger partial charge is 0.277 e. The second-order valence-electron chi connectivity index (χ2n) is 3.65. The standard InChI is InChI=1S/C7H16N2O2S/c1-6-3-4-7(2)9(5-6)12(8,10)11/h6-7H,3-5H2,1-2H3,(H2,8,10,11)/t6-,7+/m1/s1. The topological polar surface area (TPSA) is 63.4 Å². The van der Waals surface area contributed by atoms with Gasteiger partial charge in [0.25, 0.3) is 10.2 Å². The van der Waals surface area contributed by atoms with Crippen LogP contribution in [-0.4, -0.2) is 25.3 Å². The van der Waals surface area contributed by atoms with Crippen LogP contribution in [-0.2, 0) is 10.2 Å². The van der Waals surface area contributed by atoms with Crippen molar-refractivity contribution < 1.29 is 8.42 Å². The predicted octanol–water partition coefficient (Wildman–Crippen LogP) is 0.310. The summed E-state index contributed by atoms with van der Waals surface area (Å²) < 4.78 is 23.5. The summed E-state index contributed by atoms with van der Waals surface area (Å²) in [6, 6.07) is 0.0659. The molecular weight excluding hydrogens is 176 g/mol. The van der Waals surface area contributed by atoms with Crippen LogP contribution in [0.3, 0.4) is 0 Å². The summed E-state index contributed by atoms with van der Waals surface area (Å²) in [5.74, 6) is 0.430. The fraction of sp³-hybridized carbons (Fsp3) is 1.00. The van der Waals surface area contributed by atoms with Crippen molar-refractivity contribution in [3.8, 4) is 0 Å². The molecule has 0 saturated carbocycles. The molecule has 4 nitrogen and oxygen atoms in total. The van der Waals surface area contributed by atoms with Crippen molar-refractivity contribution in [3.63, 3.8) is 0 Å². The van der Waals surface area contributed by atoms with Gasteiger partial charge in [-0.1, -0.05) is 6.92 Å². The zero-order chi connectivity index (χ0) is 9.35. The van der Waals surface area contributed by atoms with E-state index in [9.17, 15) is 8.42 Å². The smallest absolute Gasteiger partial charge is 0.216 e. The van der Waals surface area contributed by atoms with E-state index in [1.165, 1.54) is 4.31 Å². The first kappa shape index (κ1) is 9.95. The van der Waals surface area contributed by atoms with Crippen LogP contribution in [0.2, 0.25) is 0 Å². The lowest BCUT2D eigenvalue weighted by atomic mass is 9.97. The summed E-state index contributed by atoms with van der Waals surface area (Å²) >= 11 is 0. The van der Waals surface area contributed by atoms with Gasteiger partial charge in [0.05, 0.1) is 0 Å². The van der Waals surface area contributed by atoms with Crippen LogP contribution in [0, 0.1) is 5.92 Å². The summed E-state index contributed by atoms with van der Waals surface area (Å²) in [6.07, 6.45) is 2.00. The van der Waals surface area contributed by atoms with Crippen LogP contribution in [0.5, 0.6) is 0 Å². The maximum Gasteiger partial charge on any atom is 0.277 e. The minimum atomic E-state index is -3.47. The lowest BCUT2D eigenvalue weighted by Crippen LogP contribution is -2.47. The molecule has 0 unspecified atom stereocenters. The Balaban J connectivity index is 2.74. The van der Waals surface area contributed by atoms with Crippen LogP contribution in [0.1, 0.15) is 26.7 Å². The van der Waals surface area contributed by atoms with E-state index >= 15 is 0 Å². The van der Waals surface area contributed by atoms with Crippen LogP contribution in [0.4, 0.5) is 0 Å². The Morgan fingerprint density at radius 2 is 1.92 bits per heavy atom. The zero-order valence-corrected chi connectivity index (χ0v) is 8.34. The third-order valence-electron chi connectivity index (χ3n) is 2.39. The number of hydrogen-bond donors (Lipinski definition) is 1. The van der Waals surface area contributed by atoms with Gasteiger partial charge in [0, 0.05) is 12.6 Å². The molecule has 0 aromatic rings. The Bertz CT molecular complexity index is 250. The first-order valence-electron chi connectivity index (χ1n) is 4.21. The minimum Gasteiger partial charge on any atom is -0.216 e. The van der Waals surface area contributed by atoms with Gasteiger partial charge in [-0.15, -0.1) is 0 Å². The first-order valence-corrected chi connectivity index (χ1v) is 5.71. The maximum atomic E-state index is 11.0. The summed E-state index contributed by atoms with van der Waals surface area (Å²) in [4.78, 5) is 0. The monoisotopic (exact) mass is 192 g/mol. The van der Waals surface area contributed by atoms with Crippen molar-refractivity contribution in [2.75, 3.05) is 6.54 Å². The van der Waals surface area contributed by atoms with Gasteiger partial charge >= 0.3 is 0 Å². The van der Waals surface area contributed by atoms with E-state index in [1.807, 2.05) is 13.8 Å². The highest BCUT2D eigenvalue weighted by Gasteiger charge is 2.29. The highest BCUT2D eigenvalue weighted by Crippen LogP contribution is 2.22. The van der Waals surface area contributed by atoms with E-state index in [-0.39, 0.29) is 6.04 Å². The molecular formula is C7H16N2O2S. The molecule has 0 spiro atoms. The molecule has 1 aliphatic heterocycles. The van der Waals surface area contributed by atoms with Crippen molar-refractivity contribution >= 4 is 10.2 Å². The Morgan fingerprint density at radius 1 is 1.33 bits per heavy atom. The van der Waals surface area contributed by atoms with Gasteiger partial charge in [0.15, 0.2) is 0 Å². The molecule has 0 aromatic heterocycles. The Morgan fingerprint density at radius 3 is 2.33 bits per heavy atom. The second-order valence-corrected chi connectivity index (χ2v) is 5.15. The van der Waals surface area contributed by atoms with Crippen molar-refractivity contribution in [3.05, 3.63) is 0 Å². The van der Waals surface area contributed by atoms with Crippen molar-refractivity contribution in [2.24, 2.45) is 11.1 Å². The van der Waals surface area contributed by atoms with Gasteiger partial charge in [-0.05, 0) is 25.7 Å². The van der Waals surface area contributed by atoms with Gasteiger partial charge in [-0.2, -0.15) is 12.7 Å². The molecule has 0 radical (unpaired) electrons. The van der Waals surface area contributed by atoms with E-state index in [0.717, 1.165) is 12.8 Å². The molecule has 5 heteroatoms. The number of rotatable bonds is 1. The Kier molecular flexibility index (Phi) is 2.75. The number of nitrogens with two attached hydrogens (primary N) is 1. The van der Waals surface area contributed by atoms with Gasteiger partial charge in [-0.25, -0.2) is 5.14 Å². The first-order chi connectivity index (χ1) is 5.41. The predicted molar refractivity (Wildman–Crippen MR) is 47.7 cm³/mol. The minimum absolute atomic E-state index is 0.0659. The van der Waals surface area contributed by atoms with E-state index in [0.29, 0.717) is 12.5 Å². The summed E-state index contributed by atoms with van der Waals surface area (Å²) in [6.45, 7) is 4.51. The van der Waals surface area contributed by atoms with Crippen LogP contribution >= 0.6 is 0 Å². The van der Waals surface area contributed by atoms with Crippen LogP contribution in [0.25, 0.3) is 0 Å². The molecule has 0 aliphatic carbocycles. The van der Waals surface area contributed by atoms with Gasteiger partial charge < -0.3 is 0 Å². The highest BCUT2D eigenvalue weighted by molar-refractivity contribution is 7.86. The fourth-order valence-electron chi connectivity index (χ4n) is 1.60. The highest BCUT2D eigenvalue weighted by atomic mass is 32.2. The third-order valence-corrected chi connectivity index (χ3v) is 3.55. The molecule has 1 heterocycles. The van der Waals surface area contributed by atoms with Gasteiger partial charge in [-0.3, -0.25) is 0 Å². The van der Waals surface area contributed by atoms with Crippen molar-refractivity contribution in [1.82, 2.24) is 4.31 Å². The lowest BCUT2D eigenvalue weighted by molar-refractivity contribution is 0.218. The van der Waals surface area contributed by atoms with Crippen LogP contribution < -0.4 is 5.14 Å². The lowest BCUT2D eigenvalue weighted by Gasteiger charge is -2.34. The molecule has 0 amide bonds. The number of nitrogens with zero attached hydrogens (tertiary/aromatic N) is 1. The molecule has 0 aromatic carbocycles. The third kappa shape index (κ3) is 2.18. The SMILES string of the molecule is C[C@@H]1CC[C@H](C)N(S(N)(=O)=O)C1. The average Bonchev–Trinajstić information content (AvgIpc) is 1.92. The summed E-state index contributed by atoms with van der Waals surface area (Å²) in [5.41, 5.74) is 0. The van der Waals surface area contributed by atoms with E-state index in [2.05, 4.69) is 0 Å². The van der Waals surface area contributed by atoms with Gasteiger partial charge in [0.1, 0.15) is 0 Å². The molecule has 1 rings (SSSR count). The second kappa shape index (κ2) is 3.32. The van der Waals surface area contributed by atoms with Gasteiger partial charge in [0.2, 0.25) is 0 Å². The average molecular weight is 192 g/mol. The molecule has 2 atom stereocenters. The molecule has 1 aliphatic rings. The molecule has 1 saturated heterocycles. The quantitative estimate of drug-likeness (QED) is 0.650. The number of piperidine rings is 1. The molecule has 12 heavy (non-hydrogen) atoms. The zero-order valence-electron chi connectivity index (χ0n) is 7.53. The molecule has 0 bridgehead atoms. The van der Waals surface area contributed by atoms with E-state index < -0.39 is 10.2 Å². The molecule has 2 N–H and O–H groups in total.